The van der Waals surface area contributed by atoms with Crippen molar-refractivity contribution in [3.8, 4) is 34.5 Å². The first-order valence-corrected chi connectivity index (χ1v) is 10.8. The van der Waals surface area contributed by atoms with Crippen molar-refractivity contribution in [3.63, 3.8) is 0 Å². The maximum absolute atomic E-state index is 10.3. The number of aromatic hydroxyl groups is 4. The molecule has 5 heteroatoms. The van der Waals surface area contributed by atoms with Crippen LogP contribution in [0, 0.1) is 0 Å². The van der Waals surface area contributed by atoms with Gasteiger partial charge < -0.3 is 25.2 Å². The molecule has 0 aromatic heterocycles. The lowest BCUT2D eigenvalue weighted by Crippen LogP contribution is -1.95. The van der Waals surface area contributed by atoms with Gasteiger partial charge in [-0.05, 0) is 90.4 Å². The number of benzene rings is 4. The summed E-state index contributed by atoms with van der Waals surface area (Å²) in [5.74, 6) is 1.24. The Kier molecular flexibility index (Phi) is 6.69. The third-order valence-electron chi connectivity index (χ3n) is 5.54. The quantitative estimate of drug-likeness (QED) is 0.274. The van der Waals surface area contributed by atoms with E-state index < -0.39 is 0 Å². The van der Waals surface area contributed by atoms with Crippen molar-refractivity contribution in [1.82, 2.24) is 0 Å². The topological polar surface area (TPSA) is 90.2 Å². The molecule has 0 atom stereocenters. The molecule has 5 nitrogen and oxygen atoms in total. The fourth-order valence-corrected chi connectivity index (χ4v) is 3.67. The fraction of sp³-hybridized carbons (Fsp3) is 0.143. The van der Waals surface area contributed by atoms with Crippen LogP contribution in [-0.2, 0) is 25.7 Å². The lowest BCUT2D eigenvalue weighted by Gasteiger charge is -2.13. The smallest absolute Gasteiger partial charge is 0.169 e. The van der Waals surface area contributed by atoms with Crippen LogP contribution in [0.4, 0.5) is 0 Å². The second kappa shape index (κ2) is 10.0. The lowest BCUT2D eigenvalue weighted by molar-refractivity contribution is 0.401. The molecule has 0 amide bonds. The third kappa shape index (κ3) is 5.98. The summed E-state index contributed by atoms with van der Waals surface area (Å²) >= 11 is 0. The van der Waals surface area contributed by atoms with Gasteiger partial charge in [0, 0.05) is 6.07 Å². The Morgan fingerprint density at radius 3 is 1.73 bits per heavy atom. The van der Waals surface area contributed by atoms with E-state index in [2.05, 4.69) is 0 Å². The van der Waals surface area contributed by atoms with Gasteiger partial charge in [0.05, 0.1) is 0 Å². The van der Waals surface area contributed by atoms with Crippen LogP contribution < -0.4 is 4.74 Å². The molecule has 4 aromatic rings. The summed E-state index contributed by atoms with van der Waals surface area (Å²) in [6, 6.07) is 24.8. The van der Waals surface area contributed by atoms with Crippen molar-refractivity contribution in [3.05, 3.63) is 107 Å². The predicted octanol–water partition coefficient (Wildman–Crippen LogP) is 5.87. The van der Waals surface area contributed by atoms with E-state index in [-0.39, 0.29) is 28.7 Å². The van der Waals surface area contributed by atoms with Crippen molar-refractivity contribution in [1.29, 1.82) is 0 Å². The van der Waals surface area contributed by atoms with Crippen LogP contribution in [0.2, 0.25) is 0 Å². The van der Waals surface area contributed by atoms with Crippen LogP contribution in [0.25, 0.3) is 0 Å². The fourth-order valence-electron chi connectivity index (χ4n) is 3.67. The Bertz CT molecular complexity index is 1210. The minimum absolute atomic E-state index is 0.0151. The van der Waals surface area contributed by atoms with Crippen LogP contribution in [0.3, 0.4) is 0 Å². The molecule has 4 aromatic carbocycles. The van der Waals surface area contributed by atoms with E-state index in [4.69, 9.17) is 4.74 Å². The Balaban J connectivity index is 1.44. The Labute approximate surface area is 192 Å². The first-order valence-electron chi connectivity index (χ1n) is 10.8. The molecule has 0 saturated heterocycles. The molecule has 4 N–H and O–H groups in total. The van der Waals surface area contributed by atoms with Crippen molar-refractivity contribution >= 4 is 0 Å². The van der Waals surface area contributed by atoms with Crippen molar-refractivity contribution in [2.24, 2.45) is 0 Å². The molecule has 168 valence electrons. The summed E-state index contributed by atoms with van der Waals surface area (Å²) in [6.07, 6.45) is 2.86. The van der Waals surface area contributed by atoms with Gasteiger partial charge in [-0.1, -0.05) is 36.4 Å². The summed E-state index contributed by atoms with van der Waals surface area (Å²) in [6.45, 7) is 0. The second-order valence-corrected chi connectivity index (χ2v) is 8.03. The van der Waals surface area contributed by atoms with Crippen LogP contribution in [0.5, 0.6) is 34.5 Å². The van der Waals surface area contributed by atoms with Crippen molar-refractivity contribution in [2.45, 2.75) is 25.7 Å². The first-order chi connectivity index (χ1) is 16.0. The average Bonchev–Trinajstić information content (AvgIpc) is 2.81. The summed E-state index contributed by atoms with van der Waals surface area (Å²) < 4.78 is 5.95. The Morgan fingerprint density at radius 1 is 0.515 bits per heavy atom. The molecule has 4 rings (SSSR count). The highest BCUT2D eigenvalue weighted by Crippen LogP contribution is 2.37. The Hall–Kier alpha value is -4.12. The van der Waals surface area contributed by atoms with E-state index >= 15 is 0 Å². The Morgan fingerprint density at radius 2 is 1.09 bits per heavy atom. The van der Waals surface area contributed by atoms with Crippen molar-refractivity contribution < 1.29 is 25.2 Å². The maximum Gasteiger partial charge on any atom is 0.169 e. The molecule has 0 saturated carbocycles. The van der Waals surface area contributed by atoms with Gasteiger partial charge in [0.15, 0.2) is 11.5 Å². The van der Waals surface area contributed by atoms with Gasteiger partial charge in [-0.15, -0.1) is 0 Å². The normalized spacial score (nSPS) is 10.8. The van der Waals surface area contributed by atoms with Gasteiger partial charge in [-0.3, -0.25) is 0 Å². The minimum atomic E-state index is -0.129. The highest BCUT2D eigenvalue weighted by Gasteiger charge is 2.12. The number of hydrogen-bond donors (Lipinski definition) is 4. The van der Waals surface area contributed by atoms with Gasteiger partial charge in [0.25, 0.3) is 0 Å². The van der Waals surface area contributed by atoms with E-state index in [9.17, 15) is 20.4 Å². The number of phenols is 4. The van der Waals surface area contributed by atoms with Gasteiger partial charge in [0.2, 0.25) is 0 Å². The zero-order valence-corrected chi connectivity index (χ0v) is 18.1. The predicted molar refractivity (Wildman–Crippen MR) is 127 cm³/mol. The SMILES string of the molecule is Oc1ccc(CCc2cccc(Oc3cc(CCc4ccc(O)cc4)c(O)cc3O)c2)cc1. The molecule has 0 bridgehead atoms. The number of aryl methyl sites for hydroxylation is 4. The molecule has 33 heavy (non-hydrogen) atoms. The average molecular weight is 443 g/mol. The number of phenolic OH excluding ortho intramolecular Hbond substituents is 4. The van der Waals surface area contributed by atoms with Gasteiger partial charge in [0.1, 0.15) is 23.0 Å². The van der Waals surface area contributed by atoms with E-state index in [1.807, 2.05) is 48.5 Å². The van der Waals surface area contributed by atoms with Gasteiger partial charge >= 0.3 is 0 Å². The highest BCUT2D eigenvalue weighted by atomic mass is 16.5. The largest absolute Gasteiger partial charge is 0.508 e. The van der Waals surface area contributed by atoms with Crippen LogP contribution in [0.1, 0.15) is 22.3 Å². The standard InChI is InChI=1S/C28H26O5/c29-23-12-7-19(8-13-23)4-5-21-2-1-3-25(16-21)33-28-17-22(26(31)18-27(28)32)11-6-20-9-14-24(30)15-10-20/h1-3,7-10,12-18,29-32H,4-6,11H2. The van der Waals surface area contributed by atoms with E-state index in [0.29, 0.717) is 24.2 Å². The first kappa shape index (κ1) is 22.1. The summed E-state index contributed by atoms with van der Waals surface area (Å²) in [4.78, 5) is 0. The van der Waals surface area contributed by atoms with E-state index in [0.717, 1.165) is 29.5 Å². The zero-order chi connectivity index (χ0) is 23.2. The van der Waals surface area contributed by atoms with Crippen LogP contribution >= 0.6 is 0 Å². The summed E-state index contributed by atoms with van der Waals surface area (Å²) in [5, 5.41) is 39.4. The van der Waals surface area contributed by atoms with Crippen molar-refractivity contribution in [2.75, 3.05) is 0 Å². The molecular formula is C28H26O5. The maximum atomic E-state index is 10.3. The second-order valence-electron chi connectivity index (χ2n) is 8.03. The summed E-state index contributed by atoms with van der Waals surface area (Å²) in [5.41, 5.74) is 3.92. The van der Waals surface area contributed by atoms with Crippen LogP contribution in [-0.4, -0.2) is 20.4 Å². The molecule has 0 fully saturated rings. The molecule has 0 spiro atoms. The third-order valence-corrected chi connectivity index (χ3v) is 5.54. The number of rotatable bonds is 8. The van der Waals surface area contributed by atoms with Crippen LogP contribution in [0.15, 0.2) is 84.9 Å². The van der Waals surface area contributed by atoms with Gasteiger partial charge in [-0.2, -0.15) is 0 Å². The molecule has 0 aliphatic heterocycles. The summed E-state index contributed by atoms with van der Waals surface area (Å²) in [7, 11) is 0. The highest BCUT2D eigenvalue weighted by molar-refractivity contribution is 5.51. The molecule has 0 aliphatic carbocycles. The number of ether oxygens (including phenoxy) is 1. The van der Waals surface area contributed by atoms with Gasteiger partial charge in [-0.25, -0.2) is 0 Å². The zero-order valence-electron chi connectivity index (χ0n) is 18.1. The van der Waals surface area contributed by atoms with E-state index in [1.54, 1.807) is 30.3 Å². The minimum Gasteiger partial charge on any atom is -0.508 e. The molecule has 0 radical (unpaired) electrons. The number of hydrogen-bond acceptors (Lipinski definition) is 5. The van der Waals surface area contributed by atoms with E-state index in [1.165, 1.54) is 6.07 Å². The monoisotopic (exact) mass is 442 g/mol. The molecular weight excluding hydrogens is 416 g/mol. The molecule has 0 aliphatic rings. The molecule has 0 heterocycles. The lowest BCUT2D eigenvalue weighted by atomic mass is 10.0. The molecule has 0 unspecified atom stereocenters.